The Kier molecular flexibility index (Phi) is 5.80. The first kappa shape index (κ1) is 19.2. The SMILES string of the molecule is Cc1cnn([C@H](C)C(=O)NCc2cc3n(n2)CCCN(C2CCCCC2)C3)c1. The maximum absolute atomic E-state index is 12.5. The topological polar surface area (TPSA) is 68.0 Å². The molecule has 0 unspecified atom stereocenters. The summed E-state index contributed by atoms with van der Waals surface area (Å²) in [6.45, 7) is 7.42. The summed E-state index contributed by atoms with van der Waals surface area (Å²) in [7, 11) is 0. The highest BCUT2D eigenvalue weighted by molar-refractivity contribution is 5.79. The van der Waals surface area contributed by atoms with Crippen LogP contribution in [-0.4, -0.2) is 43.0 Å². The van der Waals surface area contributed by atoms with Crippen LogP contribution in [0.4, 0.5) is 0 Å². The first-order valence-corrected chi connectivity index (χ1v) is 10.7. The number of amides is 1. The Morgan fingerprint density at radius 3 is 2.82 bits per heavy atom. The van der Waals surface area contributed by atoms with Gasteiger partial charge >= 0.3 is 0 Å². The van der Waals surface area contributed by atoms with Crippen LogP contribution in [0.5, 0.6) is 0 Å². The number of aryl methyl sites for hydroxylation is 2. The van der Waals surface area contributed by atoms with Gasteiger partial charge in [0.25, 0.3) is 0 Å². The van der Waals surface area contributed by atoms with Crippen molar-refractivity contribution in [2.45, 2.75) is 84.1 Å². The zero-order chi connectivity index (χ0) is 19.5. The van der Waals surface area contributed by atoms with Crippen molar-refractivity contribution in [2.75, 3.05) is 6.54 Å². The van der Waals surface area contributed by atoms with Crippen molar-refractivity contribution < 1.29 is 4.79 Å². The Morgan fingerprint density at radius 2 is 2.07 bits per heavy atom. The Bertz CT molecular complexity index is 804. The molecule has 28 heavy (non-hydrogen) atoms. The van der Waals surface area contributed by atoms with E-state index in [1.165, 1.54) is 44.3 Å². The van der Waals surface area contributed by atoms with Crippen molar-refractivity contribution in [1.29, 1.82) is 0 Å². The van der Waals surface area contributed by atoms with Gasteiger partial charge in [0.15, 0.2) is 0 Å². The summed E-state index contributed by atoms with van der Waals surface area (Å²) in [5.41, 5.74) is 3.28. The van der Waals surface area contributed by atoms with Crippen molar-refractivity contribution in [2.24, 2.45) is 0 Å². The molecule has 1 amide bonds. The molecule has 1 aliphatic heterocycles. The number of nitrogens with zero attached hydrogens (tertiary/aromatic N) is 5. The average molecular weight is 385 g/mol. The van der Waals surface area contributed by atoms with Gasteiger partial charge in [-0.05, 0) is 44.7 Å². The second-order valence-corrected chi connectivity index (χ2v) is 8.36. The van der Waals surface area contributed by atoms with Gasteiger partial charge in [0, 0.05) is 31.9 Å². The molecular formula is C21H32N6O. The smallest absolute Gasteiger partial charge is 0.244 e. The fourth-order valence-corrected chi connectivity index (χ4v) is 4.48. The van der Waals surface area contributed by atoms with Crippen LogP contribution in [0.2, 0.25) is 0 Å². The Labute approximate surface area is 167 Å². The van der Waals surface area contributed by atoms with E-state index in [0.29, 0.717) is 6.54 Å². The fourth-order valence-electron chi connectivity index (χ4n) is 4.48. The number of aromatic nitrogens is 4. The van der Waals surface area contributed by atoms with E-state index in [2.05, 4.69) is 26.1 Å². The van der Waals surface area contributed by atoms with Gasteiger partial charge in [0.1, 0.15) is 6.04 Å². The summed E-state index contributed by atoms with van der Waals surface area (Å²) in [6, 6.07) is 2.58. The van der Waals surface area contributed by atoms with Crippen LogP contribution in [0.15, 0.2) is 18.5 Å². The molecule has 7 nitrogen and oxygen atoms in total. The minimum absolute atomic E-state index is 0.0323. The number of carbonyl (C=O) groups is 1. The summed E-state index contributed by atoms with van der Waals surface area (Å²) in [4.78, 5) is 15.1. The van der Waals surface area contributed by atoms with Gasteiger partial charge in [-0.3, -0.25) is 19.1 Å². The third-order valence-electron chi connectivity index (χ3n) is 6.14. The predicted octanol–water partition coefficient (Wildman–Crippen LogP) is 2.80. The molecule has 0 radical (unpaired) electrons. The van der Waals surface area contributed by atoms with Crippen LogP contribution in [0.25, 0.3) is 0 Å². The number of hydrogen-bond acceptors (Lipinski definition) is 4. The van der Waals surface area contributed by atoms with Gasteiger partial charge in [0.05, 0.1) is 24.1 Å². The summed E-state index contributed by atoms with van der Waals surface area (Å²) in [6.07, 6.45) is 11.6. The standard InChI is InChI=1S/C21H32N6O/c1-16-12-23-27(14-16)17(2)21(28)22-13-18-11-20-15-25(9-6-10-26(20)24-18)19-7-4-3-5-8-19/h11-12,14,17,19H,3-10,13,15H2,1-2H3,(H,22,28)/t17-/m1/s1. The van der Waals surface area contributed by atoms with Crippen molar-refractivity contribution in [3.05, 3.63) is 35.4 Å². The highest BCUT2D eigenvalue weighted by Gasteiger charge is 2.25. The Morgan fingerprint density at radius 1 is 1.25 bits per heavy atom. The largest absolute Gasteiger partial charge is 0.349 e. The second-order valence-electron chi connectivity index (χ2n) is 8.36. The molecule has 0 spiro atoms. The van der Waals surface area contributed by atoms with Gasteiger partial charge in [-0.2, -0.15) is 10.2 Å². The van der Waals surface area contributed by atoms with E-state index in [4.69, 9.17) is 5.10 Å². The zero-order valence-electron chi connectivity index (χ0n) is 17.1. The van der Waals surface area contributed by atoms with Gasteiger partial charge < -0.3 is 5.32 Å². The van der Waals surface area contributed by atoms with Crippen LogP contribution < -0.4 is 5.32 Å². The molecule has 0 aromatic carbocycles. The molecule has 1 atom stereocenters. The number of nitrogens with one attached hydrogen (secondary N) is 1. The molecule has 7 heteroatoms. The Balaban J connectivity index is 1.36. The normalized spacial score (nSPS) is 19.8. The lowest BCUT2D eigenvalue weighted by Crippen LogP contribution is -2.36. The van der Waals surface area contributed by atoms with Gasteiger partial charge in [0.2, 0.25) is 5.91 Å². The van der Waals surface area contributed by atoms with Crippen LogP contribution in [0, 0.1) is 6.92 Å². The van der Waals surface area contributed by atoms with E-state index in [1.54, 1.807) is 10.9 Å². The van der Waals surface area contributed by atoms with E-state index in [-0.39, 0.29) is 11.9 Å². The van der Waals surface area contributed by atoms with E-state index >= 15 is 0 Å². The quantitative estimate of drug-likeness (QED) is 0.861. The van der Waals surface area contributed by atoms with Crippen LogP contribution in [0.3, 0.4) is 0 Å². The molecular weight excluding hydrogens is 352 g/mol. The number of fused-ring (bicyclic) bond motifs is 1. The molecule has 0 bridgehead atoms. The van der Waals surface area contributed by atoms with Crippen LogP contribution >= 0.6 is 0 Å². The summed E-state index contributed by atoms with van der Waals surface area (Å²) in [5.74, 6) is -0.0323. The summed E-state index contributed by atoms with van der Waals surface area (Å²) >= 11 is 0. The van der Waals surface area contributed by atoms with Crippen molar-refractivity contribution in [3.63, 3.8) is 0 Å². The lowest BCUT2D eigenvalue weighted by molar-refractivity contribution is -0.124. The van der Waals surface area contributed by atoms with Crippen LogP contribution in [-0.2, 0) is 24.4 Å². The molecule has 1 saturated carbocycles. The summed E-state index contributed by atoms with van der Waals surface area (Å²) in [5, 5.41) is 12.0. The van der Waals surface area contributed by atoms with E-state index in [0.717, 1.165) is 36.8 Å². The molecule has 1 fully saturated rings. The maximum Gasteiger partial charge on any atom is 0.244 e. The third-order valence-corrected chi connectivity index (χ3v) is 6.14. The molecule has 2 aromatic rings. The highest BCUT2D eigenvalue weighted by atomic mass is 16.2. The lowest BCUT2D eigenvalue weighted by Gasteiger charge is -2.33. The zero-order valence-corrected chi connectivity index (χ0v) is 17.1. The van der Waals surface area contributed by atoms with Gasteiger partial charge in [-0.15, -0.1) is 0 Å². The summed E-state index contributed by atoms with van der Waals surface area (Å²) < 4.78 is 3.85. The van der Waals surface area contributed by atoms with E-state index in [1.807, 2.05) is 20.0 Å². The maximum atomic E-state index is 12.5. The molecule has 1 aliphatic carbocycles. The molecule has 3 heterocycles. The molecule has 2 aromatic heterocycles. The van der Waals surface area contributed by atoms with Crippen LogP contribution in [0.1, 0.15) is 68.4 Å². The van der Waals surface area contributed by atoms with Gasteiger partial charge in [-0.25, -0.2) is 0 Å². The molecule has 152 valence electrons. The van der Waals surface area contributed by atoms with E-state index < -0.39 is 0 Å². The lowest BCUT2D eigenvalue weighted by atomic mass is 9.94. The predicted molar refractivity (Wildman–Crippen MR) is 108 cm³/mol. The minimum atomic E-state index is -0.323. The minimum Gasteiger partial charge on any atom is -0.349 e. The van der Waals surface area contributed by atoms with E-state index in [9.17, 15) is 4.79 Å². The van der Waals surface area contributed by atoms with Crippen molar-refractivity contribution in [1.82, 2.24) is 29.8 Å². The first-order valence-electron chi connectivity index (χ1n) is 10.7. The molecule has 2 aliphatic rings. The fraction of sp³-hybridized carbons (Fsp3) is 0.667. The molecule has 0 saturated heterocycles. The average Bonchev–Trinajstić information content (AvgIpc) is 3.26. The van der Waals surface area contributed by atoms with Crippen molar-refractivity contribution >= 4 is 5.91 Å². The molecule has 1 N–H and O–H groups in total. The number of rotatable bonds is 5. The molecule has 4 rings (SSSR count). The monoisotopic (exact) mass is 384 g/mol. The third kappa shape index (κ3) is 4.29. The second kappa shape index (κ2) is 8.47. The number of carbonyl (C=O) groups excluding carboxylic acids is 1. The first-order chi connectivity index (χ1) is 13.6. The van der Waals surface area contributed by atoms with Crippen molar-refractivity contribution in [3.8, 4) is 0 Å². The highest BCUT2D eigenvalue weighted by Crippen LogP contribution is 2.26. The Hall–Kier alpha value is -2.15. The number of hydrogen-bond donors (Lipinski definition) is 1. The van der Waals surface area contributed by atoms with Gasteiger partial charge in [-0.1, -0.05) is 19.3 Å².